The van der Waals surface area contributed by atoms with Crippen LogP contribution in [-0.2, 0) is 10.2 Å². The Kier molecular flexibility index (Phi) is 4.61. The third kappa shape index (κ3) is 3.07. The van der Waals surface area contributed by atoms with Crippen LogP contribution in [0.3, 0.4) is 0 Å². The van der Waals surface area contributed by atoms with E-state index in [4.69, 9.17) is 5.73 Å². The first-order valence-corrected chi connectivity index (χ1v) is 12.4. The van der Waals surface area contributed by atoms with Crippen molar-refractivity contribution < 1.29 is 9.59 Å². The van der Waals surface area contributed by atoms with Gasteiger partial charge in [0.05, 0.1) is 10.4 Å². The van der Waals surface area contributed by atoms with Crippen LogP contribution in [0.15, 0.2) is 60.1 Å². The van der Waals surface area contributed by atoms with Gasteiger partial charge >= 0.3 is 0 Å². The van der Waals surface area contributed by atoms with Crippen LogP contribution in [-0.4, -0.2) is 36.4 Å². The molecule has 0 bridgehead atoms. The molecular formula is C27H26N4O2S. The molecule has 2 amide bonds. The monoisotopic (exact) mass is 470 g/mol. The number of benzene rings is 2. The number of aromatic amines is 1. The number of primary amides is 1. The van der Waals surface area contributed by atoms with Crippen LogP contribution in [0.2, 0.25) is 0 Å². The standard InChI is InChI=1S/C27H26N4O2S/c1-27(2)24-19(20-12-29-21-7-4-3-6-18(20)21)10-17(25(28)32)11-22(24)31(26(27)33)15-16-13-30(14-16)23-8-5-9-34-23/h3-12,16,29H,13-15H2,1-2H3,(H2,28,32). The zero-order valence-electron chi connectivity index (χ0n) is 19.2. The maximum atomic E-state index is 13.7. The first-order valence-electron chi connectivity index (χ1n) is 11.5. The number of carbonyl (C=O) groups excluding carboxylic acids is 2. The van der Waals surface area contributed by atoms with E-state index in [1.165, 1.54) is 5.00 Å². The van der Waals surface area contributed by atoms with Crippen LogP contribution in [0.4, 0.5) is 10.7 Å². The molecule has 3 N–H and O–H groups in total. The number of carbonyl (C=O) groups is 2. The summed E-state index contributed by atoms with van der Waals surface area (Å²) >= 11 is 1.74. The smallest absolute Gasteiger partial charge is 0.248 e. The molecule has 6 nitrogen and oxygen atoms in total. The highest BCUT2D eigenvalue weighted by molar-refractivity contribution is 7.14. The molecule has 6 rings (SSSR count). The lowest BCUT2D eigenvalue weighted by Crippen LogP contribution is -2.52. The van der Waals surface area contributed by atoms with Crippen molar-refractivity contribution in [2.45, 2.75) is 19.3 Å². The summed E-state index contributed by atoms with van der Waals surface area (Å²) in [5, 5.41) is 4.41. The molecule has 0 unspecified atom stereocenters. The van der Waals surface area contributed by atoms with Gasteiger partial charge in [0.25, 0.3) is 0 Å². The SMILES string of the molecule is CC1(C)C(=O)N(CC2CN(c3cccs3)C2)c2cc(C(N)=O)cc(-c3c[nH]c4ccccc34)c21. The van der Waals surface area contributed by atoms with Crippen molar-refractivity contribution in [2.24, 2.45) is 11.7 Å². The fourth-order valence-corrected chi connectivity index (χ4v) is 6.21. The van der Waals surface area contributed by atoms with Gasteiger partial charge in [-0.3, -0.25) is 9.59 Å². The van der Waals surface area contributed by atoms with Gasteiger partial charge < -0.3 is 20.5 Å². The van der Waals surface area contributed by atoms with Crippen molar-refractivity contribution in [3.63, 3.8) is 0 Å². The molecular weight excluding hydrogens is 444 g/mol. The Morgan fingerprint density at radius 3 is 2.68 bits per heavy atom. The second-order valence-corrected chi connectivity index (χ2v) is 10.7. The summed E-state index contributed by atoms with van der Waals surface area (Å²) in [6.45, 7) is 6.44. The largest absolute Gasteiger partial charge is 0.366 e. The van der Waals surface area contributed by atoms with E-state index in [2.05, 4.69) is 33.5 Å². The minimum Gasteiger partial charge on any atom is -0.366 e. The minimum absolute atomic E-state index is 0.0692. The maximum absolute atomic E-state index is 13.7. The number of amides is 2. The zero-order valence-corrected chi connectivity index (χ0v) is 20.0. The molecule has 1 saturated heterocycles. The quantitative estimate of drug-likeness (QED) is 0.441. The van der Waals surface area contributed by atoms with Gasteiger partial charge in [0.15, 0.2) is 0 Å². The number of fused-ring (bicyclic) bond motifs is 2. The van der Waals surface area contributed by atoms with E-state index in [0.717, 1.165) is 46.4 Å². The van der Waals surface area contributed by atoms with Gasteiger partial charge in [0, 0.05) is 59.5 Å². The van der Waals surface area contributed by atoms with E-state index in [1.54, 1.807) is 17.4 Å². The van der Waals surface area contributed by atoms with Gasteiger partial charge in [-0.15, -0.1) is 11.3 Å². The van der Waals surface area contributed by atoms with Gasteiger partial charge in [-0.25, -0.2) is 0 Å². The van der Waals surface area contributed by atoms with Crippen LogP contribution in [0.1, 0.15) is 29.8 Å². The second-order valence-electron chi connectivity index (χ2n) is 9.79. The third-order valence-corrected chi connectivity index (χ3v) is 8.12. The van der Waals surface area contributed by atoms with E-state index in [1.807, 2.05) is 49.2 Å². The lowest BCUT2D eigenvalue weighted by Gasteiger charge is -2.42. The number of nitrogens with two attached hydrogens (primary N) is 1. The topological polar surface area (TPSA) is 82.4 Å². The fraction of sp³-hybridized carbons (Fsp3) is 0.259. The molecule has 0 aliphatic carbocycles. The number of nitrogens with zero attached hydrogens (tertiary/aromatic N) is 2. The molecule has 4 heterocycles. The lowest BCUT2D eigenvalue weighted by atomic mass is 9.80. The van der Waals surface area contributed by atoms with Crippen molar-refractivity contribution in [1.29, 1.82) is 0 Å². The van der Waals surface area contributed by atoms with Gasteiger partial charge in [-0.2, -0.15) is 0 Å². The van der Waals surface area contributed by atoms with Gasteiger partial charge in [-0.05, 0) is 60.7 Å². The Balaban J connectivity index is 1.43. The number of para-hydroxylation sites is 1. The van der Waals surface area contributed by atoms with E-state index >= 15 is 0 Å². The average Bonchev–Trinajstić information content (AvgIpc) is 3.50. The Hall–Kier alpha value is -3.58. The molecule has 0 atom stereocenters. The number of hydrogen-bond acceptors (Lipinski definition) is 4. The van der Waals surface area contributed by atoms with Crippen molar-refractivity contribution in [1.82, 2.24) is 4.98 Å². The Labute approximate surface area is 202 Å². The summed E-state index contributed by atoms with van der Waals surface area (Å²) in [6.07, 6.45) is 1.96. The average molecular weight is 471 g/mol. The number of rotatable bonds is 5. The summed E-state index contributed by atoms with van der Waals surface area (Å²) in [4.78, 5) is 33.6. The number of aromatic nitrogens is 1. The number of nitrogens with one attached hydrogen (secondary N) is 1. The Bertz CT molecular complexity index is 1430. The predicted molar refractivity (Wildman–Crippen MR) is 138 cm³/mol. The highest BCUT2D eigenvalue weighted by Gasteiger charge is 2.47. The molecule has 1 fully saturated rings. The molecule has 2 aliphatic rings. The molecule has 2 aliphatic heterocycles. The first kappa shape index (κ1) is 21.0. The first-order chi connectivity index (χ1) is 16.3. The predicted octanol–water partition coefficient (Wildman–Crippen LogP) is 4.76. The molecule has 0 radical (unpaired) electrons. The second kappa shape index (κ2) is 7.46. The van der Waals surface area contributed by atoms with E-state index in [0.29, 0.717) is 18.0 Å². The van der Waals surface area contributed by atoms with E-state index < -0.39 is 11.3 Å². The maximum Gasteiger partial charge on any atom is 0.248 e. The van der Waals surface area contributed by atoms with Crippen LogP contribution < -0.4 is 15.5 Å². The third-order valence-electron chi connectivity index (χ3n) is 7.19. The number of H-pyrrole nitrogens is 1. The summed E-state index contributed by atoms with van der Waals surface area (Å²) in [5.74, 6) is -0.0464. The van der Waals surface area contributed by atoms with Gasteiger partial charge in [0.2, 0.25) is 11.8 Å². The highest BCUT2D eigenvalue weighted by atomic mass is 32.1. The Morgan fingerprint density at radius 1 is 1.15 bits per heavy atom. The van der Waals surface area contributed by atoms with Crippen LogP contribution >= 0.6 is 11.3 Å². The van der Waals surface area contributed by atoms with E-state index in [9.17, 15) is 9.59 Å². The molecule has 0 spiro atoms. The van der Waals surface area contributed by atoms with E-state index in [-0.39, 0.29) is 5.91 Å². The summed E-state index contributed by atoms with van der Waals surface area (Å²) < 4.78 is 0. The summed E-state index contributed by atoms with van der Waals surface area (Å²) in [7, 11) is 0. The highest BCUT2D eigenvalue weighted by Crippen LogP contribution is 2.49. The normalized spacial score (nSPS) is 17.3. The van der Waals surface area contributed by atoms with Crippen LogP contribution in [0, 0.1) is 5.92 Å². The Morgan fingerprint density at radius 2 is 1.94 bits per heavy atom. The molecule has 2 aromatic carbocycles. The molecule has 2 aromatic heterocycles. The van der Waals surface area contributed by atoms with Crippen LogP contribution in [0.25, 0.3) is 22.0 Å². The summed E-state index contributed by atoms with van der Waals surface area (Å²) in [5.41, 5.74) is 10.1. The molecule has 0 saturated carbocycles. The molecule has 7 heteroatoms. The number of anilines is 2. The minimum atomic E-state index is -0.712. The van der Waals surface area contributed by atoms with Gasteiger partial charge in [0.1, 0.15) is 0 Å². The number of hydrogen-bond donors (Lipinski definition) is 2. The molecule has 4 aromatic rings. The van der Waals surface area contributed by atoms with Crippen LogP contribution in [0.5, 0.6) is 0 Å². The fourth-order valence-electron chi connectivity index (χ4n) is 5.45. The van der Waals surface area contributed by atoms with Crippen molar-refractivity contribution in [2.75, 3.05) is 29.4 Å². The lowest BCUT2D eigenvalue weighted by molar-refractivity contribution is -0.122. The van der Waals surface area contributed by atoms with Crippen molar-refractivity contribution >= 4 is 44.7 Å². The molecule has 172 valence electrons. The zero-order chi connectivity index (χ0) is 23.6. The summed E-state index contributed by atoms with van der Waals surface area (Å²) in [6, 6.07) is 15.9. The van der Waals surface area contributed by atoms with Crippen molar-refractivity contribution in [3.05, 3.63) is 71.2 Å². The number of thiophene rings is 1. The van der Waals surface area contributed by atoms with Gasteiger partial charge in [-0.1, -0.05) is 18.2 Å². The van der Waals surface area contributed by atoms with Crippen molar-refractivity contribution in [3.8, 4) is 11.1 Å². The molecule has 34 heavy (non-hydrogen) atoms.